The molecule has 1 aliphatic rings. The Balaban J connectivity index is 1.74. The maximum atomic E-state index is 14.0. The number of aliphatic carboxylic acids is 1. The van der Waals surface area contributed by atoms with Crippen molar-refractivity contribution in [3.63, 3.8) is 0 Å². The average molecular weight is 416 g/mol. The minimum atomic E-state index is -1.03. The number of carboxylic acid groups (broad SMARTS) is 1. The highest BCUT2D eigenvalue weighted by Crippen LogP contribution is 2.35. The van der Waals surface area contributed by atoms with Gasteiger partial charge in [0.15, 0.2) is 11.6 Å². The summed E-state index contributed by atoms with van der Waals surface area (Å²) in [6.07, 6.45) is 0.933. The summed E-state index contributed by atoms with van der Waals surface area (Å²) in [5, 5.41) is 9.66. The Morgan fingerprint density at radius 2 is 2.10 bits per heavy atom. The number of aromatic nitrogens is 1. The van der Waals surface area contributed by atoms with Crippen LogP contribution in [0.1, 0.15) is 29.5 Å². The largest absolute Gasteiger partial charge is 0.481 e. The number of carboxylic acids is 1. The molecule has 0 radical (unpaired) electrons. The van der Waals surface area contributed by atoms with E-state index in [9.17, 15) is 23.5 Å². The lowest BCUT2D eigenvalue weighted by Crippen LogP contribution is -2.41. The van der Waals surface area contributed by atoms with Gasteiger partial charge in [-0.15, -0.1) is 11.3 Å². The van der Waals surface area contributed by atoms with Crippen molar-refractivity contribution in [1.82, 2.24) is 4.98 Å². The molecule has 2 heterocycles. The second-order valence-corrected chi connectivity index (χ2v) is 8.17. The maximum Gasteiger partial charge on any atom is 0.304 e. The van der Waals surface area contributed by atoms with E-state index >= 15 is 0 Å². The molecule has 1 N–H and O–H groups in total. The van der Waals surface area contributed by atoms with Gasteiger partial charge in [0, 0.05) is 5.69 Å². The summed E-state index contributed by atoms with van der Waals surface area (Å²) in [6, 6.07) is 8.30. The van der Waals surface area contributed by atoms with Gasteiger partial charge in [-0.2, -0.15) is 0 Å². The summed E-state index contributed by atoms with van der Waals surface area (Å²) >= 11 is 1.19. The Morgan fingerprint density at radius 3 is 2.83 bits per heavy atom. The number of anilines is 1. The molecule has 8 heteroatoms. The highest BCUT2D eigenvalue weighted by molar-refractivity contribution is 7.18. The monoisotopic (exact) mass is 416 g/mol. The third kappa shape index (κ3) is 3.60. The van der Waals surface area contributed by atoms with E-state index in [1.165, 1.54) is 22.3 Å². The van der Waals surface area contributed by atoms with Crippen molar-refractivity contribution in [2.45, 2.75) is 32.7 Å². The molecule has 29 heavy (non-hydrogen) atoms. The van der Waals surface area contributed by atoms with Crippen molar-refractivity contribution < 1.29 is 23.5 Å². The van der Waals surface area contributed by atoms with Crippen molar-refractivity contribution in [2.75, 3.05) is 4.90 Å². The molecule has 1 atom stereocenters. The fraction of sp³-hybridized carbons (Fsp3) is 0.286. The first-order chi connectivity index (χ1) is 13.9. The summed E-state index contributed by atoms with van der Waals surface area (Å²) in [4.78, 5) is 30.0. The van der Waals surface area contributed by atoms with Gasteiger partial charge in [0.2, 0.25) is 5.91 Å². The van der Waals surface area contributed by atoms with Crippen LogP contribution in [-0.2, 0) is 29.0 Å². The van der Waals surface area contributed by atoms with E-state index in [2.05, 4.69) is 4.98 Å². The van der Waals surface area contributed by atoms with Crippen LogP contribution in [0.15, 0.2) is 30.3 Å². The Morgan fingerprint density at radius 1 is 1.31 bits per heavy atom. The van der Waals surface area contributed by atoms with Gasteiger partial charge >= 0.3 is 5.97 Å². The quantitative estimate of drug-likeness (QED) is 0.673. The van der Waals surface area contributed by atoms with E-state index in [0.29, 0.717) is 21.8 Å². The molecule has 1 amide bonds. The normalized spacial score (nSPS) is 16.3. The van der Waals surface area contributed by atoms with Gasteiger partial charge in [-0.25, -0.2) is 13.8 Å². The van der Waals surface area contributed by atoms with Gasteiger partial charge in [-0.3, -0.25) is 9.59 Å². The van der Waals surface area contributed by atoms with Crippen LogP contribution in [0.3, 0.4) is 0 Å². The van der Waals surface area contributed by atoms with E-state index in [4.69, 9.17) is 0 Å². The number of thiazole rings is 1. The standard InChI is InChI=1S/C21H18F2N2O3S/c1-2-11-3-5-15-12(7-11)8-13(9-18(26)27)21(28)25(15)10-17-24-20-16(29-17)6-4-14(22)19(20)23/h3-7,13H,2,8-10H2,1H3,(H,26,27). The fourth-order valence-electron chi connectivity index (χ4n) is 3.70. The van der Waals surface area contributed by atoms with E-state index < -0.39 is 23.5 Å². The van der Waals surface area contributed by atoms with Gasteiger partial charge in [0.05, 0.1) is 23.6 Å². The number of nitrogens with zero attached hydrogens (tertiary/aromatic N) is 2. The zero-order valence-corrected chi connectivity index (χ0v) is 16.4. The zero-order chi connectivity index (χ0) is 20.7. The molecule has 0 saturated heterocycles. The molecular formula is C21H18F2N2O3S. The molecular weight excluding hydrogens is 398 g/mol. The second kappa shape index (κ2) is 7.51. The third-order valence-corrected chi connectivity index (χ3v) is 6.14. The molecule has 0 spiro atoms. The lowest BCUT2D eigenvalue weighted by molar-refractivity contribution is -0.140. The van der Waals surface area contributed by atoms with Gasteiger partial charge in [0.25, 0.3) is 0 Å². The first-order valence-electron chi connectivity index (χ1n) is 9.25. The smallest absolute Gasteiger partial charge is 0.304 e. The Bertz CT molecular complexity index is 1130. The number of fused-ring (bicyclic) bond motifs is 2. The predicted molar refractivity (Wildman–Crippen MR) is 106 cm³/mol. The summed E-state index contributed by atoms with van der Waals surface area (Å²) in [6.45, 7) is 2.10. The Labute approximate surface area is 169 Å². The number of halogens is 2. The minimum absolute atomic E-state index is 0.0573. The van der Waals surface area contributed by atoms with Crippen LogP contribution in [0.25, 0.3) is 10.2 Å². The van der Waals surface area contributed by atoms with Crippen molar-refractivity contribution in [3.05, 3.63) is 58.1 Å². The number of hydrogen-bond donors (Lipinski definition) is 1. The topological polar surface area (TPSA) is 70.5 Å². The van der Waals surface area contributed by atoms with Crippen molar-refractivity contribution in [3.8, 4) is 0 Å². The number of aryl methyl sites for hydroxylation is 1. The SMILES string of the molecule is CCc1ccc2c(c1)CC(CC(=O)O)C(=O)N2Cc1nc2c(F)c(F)ccc2s1. The minimum Gasteiger partial charge on any atom is -0.481 e. The molecule has 0 bridgehead atoms. The third-order valence-electron chi connectivity index (χ3n) is 5.14. The summed E-state index contributed by atoms with van der Waals surface area (Å²) in [7, 11) is 0. The van der Waals surface area contributed by atoms with Crippen LogP contribution in [0, 0.1) is 17.6 Å². The van der Waals surface area contributed by atoms with Gasteiger partial charge in [-0.1, -0.05) is 19.1 Å². The van der Waals surface area contributed by atoms with E-state index in [1.807, 2.05) is 25.1 Å². The van der Waals surface area contributed by atoms with Crippen LogP contribution in [0.5, 0.6) is 0 Å². The van der Waals surface area contributed by atoms with Gasteiger partial charge < -0.3 is 10.0 Å². The summed E-state index contributed by atoms with van der Waals surface area (Å²) < 4.78 is 28.0. The lowest BCUT2D eigenvalue weighted by atomic mass is 9.88. The van der Waals surface area contributed by atoms with Crippen LogP contribution in [-0.4, -0.2) is 22.0 Å². The number of hydrogen-bond acceptors (Lipinski definition) is 4. The van der Waals surface area contributed by atoms with E-state index in [-0.39, 0.29) is 24.4 Å². The highest BCUT2D eigenvalue weighted by atomic mass is 32.1. The average Bonchev–Trinajstić information content (AvgIpc) is 3.10. The molecule has 150 valence electrons. The lowest BCUT2D eigenvalue weighted by Gasteiger charge is -2.33. The molecule has 3 aromatic rings. The first-order valence-corrected chi connectivity index (χ1v) is 10.1. The molecule has 1 aliphatic heterocycles. The molecule has 0 aliphatic carbocycles. The number of rotatable bonds is 5. The highest BCUT2D eigenvalue weighted by Gasteiger charge is 2.34. The van der Waals surface area contributed by atoms with Gasteiger partial charge in [-0.05, 0) is 42.2 Å². The molecule has 1 unspecified atom stereocenters. The van der Waals surface area contributed by atoms with Gasteiger partial charge in [0.1, 0.15) is 10.5 Å². The number of carbonyl (C=O) groups excluding carboxylic acids is 1. The van der Waals surface area contributed by atoms with E-state index in [1.54, 1.807) is 0 Å². The van der Waals surface area contributed by atoms with Crippen molar-refractivity contribution >= 4 is 39.1 Å². The molecule has 4 rings (SSSR count). The number of amides is 1. The fourth-order valence-corrected chi connectivity index (χ4v) is 4.65. The van der Waals surface area contributed by atoms with Crippen LogP contribution >= 0.6 is 11.3 Å². The van der Waals surface area contributed by atoms with E-state index in [0.717, 1.165) is 23.6 Å². The van der Waals surface area contributed by atoms with Crippen LogP contribution in [0.2, 0.25) is 0 Å². The number of carbonyl (C=O) groups is 2. The van der Waals surface area contributed by atoms with Crippen LogP contribution < -0.4 is 4.90 Å². The summed E-state index contributed by atoms with van der Waals surface area (Å²) in [5.74, 6) is -3.98. The Hall–Kier alpha value is -2.87. The molecule has 5 nitrogen and oxygen atoms in total. The molecule has 1 aromatic heterocycles. The van der Waals surface area contributed by atoms with Crippen molar-refractivity contribution in [1.29, 1.82) is 0 Å². The first kappa shape index (κ1) is 19.4. The summed E-state index contributed by atoms with van der Waals surface area (Å²) in [5.41, 5.74) is 2.66. The number of benzene rings is 2. The van der Waals surface area contributed by atoms with Crippen LogP contribution in [0.4, 0.5) is 14.5 Å². The Kier molecular flexibility index (Phi) is 5.04. The maximum absolute atomic E-state index is 14.0. The second-order valence-electron chi connectivity index (χ2n) is 7.06. The molecule has 0 fully saturated rings. The predicted octanol–water partition coefficient (Wildman–Crippen LogP) is 4.32. The van der Waals surface area contributed by atoms with Crippen molar-refractivity contribution in [2.24, 2.45) is 5.92 Å². The molecule has 0 saturated carbocycles. The zero-order valence-electron chi connectivity index (χ0n) is 15.6. The molecule has 2 aromatic carbocycles.